The number of fused-ring (bicyclic) bond motifs is 2. The van der Waals surface area contributed by atoms with Gasteiger partial charge in [-0.1, -0.05) is 6.07 Å². The molecule has 124 valence electrons. The van der Waals surface area contributed by atoms with Gasteiger partial charge in [0.1, 0.15) is 5.54 Å². The Kier molecular flexibility index (Phi) is 4.69. The molecule has 3 rings (SSSR count). The first-order chi connectivity index (χ1) is 11.1. The van der Waals surface area contributed by atoms with Crippen LogP contribution in [0.15, 0.2) is 18.2 Å². The van der Waals surface area contributed by atoms with E-state index in [0.717, 1.165) is 29.7 Å². The number of hydrogen-bond donors (Lipinski definition) is 2. The fraction of sp³-hybridized carbons (Fsp3) is 0.500. The van der Waals surface area contributed by atoms with E-state index in [2.05, 4.69) is 15.5 Å². The number of aryl methyl sites for hydroxylation is 1. The molecule has 1 aromatic carbocycles. The summed E-state index contributed by atoms with van der Waals surface area (Å²) < 4.78 is 0. The van der Waals surface area contributed by atoms with Gasteiger partial charge in [-0.3, -0.25) is 10.1 Å². The summed E-state index contributed by atoms with van der Waals surface area (Å²) in [4.78, 5) is 26.2. The standard InChI is InChI=1S/C16H19Cl2N3O2/c17-6-8-21(9-7-18)12-4-3-11-2-1-5-16(13(11)10-12)14(22)19-15(23)20-16/h3-4,10H,1-2,5-9H2,(H2,19,20,22,23)/t16-/m0/s1. The molecule has 1 aromatic rings. The van der Waals surface area contributed by atoms with Crippen molar-refractivity contribution in [3.63, 3.8) is 0 Å². The van der Waals surface area contributed by atoms with Crippen molar-refractivity contribution in [2.75, 3.05) is 29.7 Å². The molecule has 1 fully saturated rings. The Morgan fingerprint density at radius 1 is 1.17 bits per heavy atom. The predicted molar refractivity (Wildman–Crippen MR) is 91.4 cm³/mol. The van der Waals surface area contributed by atoms with Crippen LogP contribution in [0, 0.1) is 0 Å². The van der Waals surface area contributed by atoms with E-state index in [-0.39, 0.29) is 5.91 Å². The number of nitrogens with zero attached hydrogens (tertiary/aromatic N) is 1. The van der Waals surface area contributed by atoms with Gasteiger partial charge in [0.25, 0.3) is 5.91 Å². The lowest BCUT2D eigenvalue weighted by molar-refractivity contribution is -0.124. The Morgan fingerprint density at radius 3 is 2.52 bits per heavy atom. The van der Waals surface area contributed by atoms with Crippen LogP contribution in [0.5, 0.6) is 0 Å². The molecule has 0 aromatic heterocycles. The molecule has 1 atom stereocenters. The van der Waals surface area contributed by atoms with Crippen molar-refractivity contribution in [3.05, 3.63) is 29.3 Å². The molecule has 23 heavy (non-hydrogen) atoms. The van der Waals surface area contributed by atoms with Crippen molar-refractivity contribution >= 4 is 40.8 Å². The summed E-state index contributed by atoms with van der Waals surface area (Å²) in [7, 11) is 0. The van der Waals surface area contributed by atoms with E-state index in [4.69, 9.17) is 23.2 Å². The molecule has 3 amide bonds. The van der Waals surface area contributed by atoms with Gasteiger partial charge in [0.15, 0.2) is 0 Å². The van der Waals surface area contributed by atoms with Crippen LogP contribution in [0.25, 0.3) is 0 Å². The smallest absolute Gasteiger partial charge is 0.322 e. The van der Waals surface area contributed by atoms with Gasteiger partial charge in [-0.2, -0.15) is 0 Å². The summed E-state index contributed by atoms with van der Waals surface area (Å²) in [5.74, 6) is 0.731. The fourth-order valence-corrected chi connectivity index (χ4v) is 3.89. The average Bonchev–Trinajstić information content (AvgIpc) is 2.82. The normalized spacial score (nSPS) is 22.7. The number of carbonyl (C=O) groups excluding carboxylic acids is 2. The van der Waals surface area contributed by atoms with E-state index in [1.807, 2.05) is 18.2 Å². The second-order valence-corrected chi connectivity index (χ2v) is 6.63. The minimum absolute atomic E-state index is 0.262. The summed E-state index contributed by atoms with van der Waals surface area (Å²) in [5, 5.41) is 5.21. The zero-order chi connectivity index (χ0) is 16.4. The van der Waals surface area contributed by atoms with E-state index in [9.17, 15) is 9.59 Å². The summed E-state index contributed by atoms with van der Waals surface area (Å²) in [6.07, 6.45) is 2.39. The number of amides is 3. The molecule has 1 aliphatic heterocycles. The second kappa shape index (κ2) is 6.57. The van der Waals surface area contributed by atoms with Crippen LogP contribution in [0.1, 0.15) is 24.0 Å². The maximum absolute atomic E-state index is 12.4. The molecule has 7 heteroatoms. The van der Waals surface area contributed by atoms with E-state index in [1.54, 1.807) is 0 Å². The van der Waals surface area contributed by atoms with Crippen LogP contribution in [0.4, 0.5) is 10.5 Å². The van der Waals surface area contributed by atoms with Crippen LogP contribution < -0.4 is 15.5 Å². The molecule has 0 unspecified atom stereocenters. The Morgan fingerprint density at radius 2 is 1.91 bits per heavy atom. The van der Waals surface area contributed by atoms with Crippen LogP contribution in [0.3, 0.4) is 0 Å². The van der Waals surface area contributed by atoms with Gasteiger partial charge >= 0.3 is 6.03 Å². The second-order valence-electron chi connectivity index (χ2n) is 5.87. The predicted octanol–water partition coefficient (Wildman–Crippen LogP) is 2.34. The Bertz CT molecular complexity index is 632. The third-order valence-corrected chi connectivity index (χ3v) is 4.90. The number of urea groups is 1. The molecule has 0 bridgehead atoms. The Balaban J connectivity index is 2.03. The fourth-order valence-electron chi connectivity index (χ4n) is 3.49. The highest BCUT2D eigenvalue weighted by Gasteiger charge is 2.49. The van der Waals surface area contributed by atoms with Gasteiger partial charge < -0.3 is 10.2 Å². The van der Waals surface area contributed by atoms with Crippen molar-refractivity contribution in [2.24, 2.45) is 0 Å². The first kappa shape index (κ1) is 16.4. The minimum Gasteiger partial charge on any atom is -0.369 e. The maximum Gasteiger partial charge on any atom is 0.322 e. The van der Waals surface area contributed by atoms with Crippen molar-refractivity contribution in [1.82, 2.24) is 10.6 Å². The summed E-state index contributed by atoms with van der Waals surface area (Å²) in [6, 6.07) is 5.65. The van der Waals surface area contributed by atoms with Crippen LogP contribution in [-0.4, -0.2) is 36.8 Å². The molecule has 5 nitrogen and oxygen atoms in total. The number of nitrogens with one attached hydrogen (secondary N) is 2. The first-order valence-electron chi connectivity index (χ1n) is 7.74. The molecule has 1 spiro atoms. The first-order valence-corrected chi connectivity index (χ1v) is 8.81. The van der Waals surface area contributed by atoms with E-state index in [1.165, 1.54) is 0 Å². The molecule has 0 radical (unpaired) electrons. The molecule has 2 aliphatic rings. The van der Waals surface area contributed by atoms with Crippen molar-refractivity contribution in [2.45, 2.75) is 24.8 Å². The van der Waals surface area contributed by atoms with Gasteiger partial charge in [-0.15, -0.1) is 23.2 Å². The van der Waals surface area contributed by atoms with Crippen molar-refractivity contribution < 1.29 is 9.59 Å². The number of rotatable bonds is 5. The SMILES string of the molecule is O=C1NC(=O)[C@@]2(CCCc3ccc(N(CCCl)CCCl)cc32)N1. The molecular weight excluding hydrogens is 337 g/mol. The third-order valence-electron chi connectivity index (χ3n) is 4.57. The Labute approximate surface area is 145 Å². The Hall–Kier alpha value is -1.46. The lowest BCUT2D eigenvalue weighted by atomic mass is 9.76. The van der Waals surface area contributed by atoms with Crippen LogP contribution in [-0.2, 0) is 16.8 Å². The monoisotopic (exact) mass is 355 g/mol. The summed E-state index contributed by atoms with van der Waals surface area (Å²) >= 11 is 11.8. The lowest BCUT2D eigenvalue weighted by Gasteiger charge is -2.34. The number of carbonyl (C=O) groups is 2. The van der Waals surface area contributed by atoms with Gasteiger partial charge in [-0.05, 0) is 42.5 Å². The van der Waals surface area contributed by atoms with Crippen LogP contribution >= 0.6 is 23.2 Å². The largest absolute Gasteiger partial charge is 0.369 e. The van der Waals surface area contributed by atoms with Gasteiger partial charge in [0.05, 0.1) is 0 Å². The lowest BCUT2D eigenvalue weighted by Crippen LogP contribution is -2.46. The molecule has 1 saturated heterocycles. The van der Waals surface area contributed by atoms with E-state index < -0.39 is 11.6 Å². The third kappa shape index (κ3) is 2.88. The number of anilines is 1. The molecule has 0 saturated carbocycles. The average molecular weight is 356 g/mol. The summed E-state index contributed by atoms with van der Waals surface area (Å²) in [6.45, 7) is 1.36. The van der Waals surface area contributed by atoms with Crippen molar-refractivity contribution in [3.8, 4) is 0 Å². The highest BCUT2D eigenvalue weighted by atomic mass is 35.5. The number of hydrogen-bond acceptors (Lipinski definition) is 3. The number of halogens is 2. The van der Waals surface area contributed by atoms with E-state index in [0.29, 0.717) is 31.3 Å². The highest BCUT2D eigenvalue weighted by molar-refractivity contribution is 6.18. The van der Waals surface area contributed by atoms with Gasteiger partial charge in [0, 0.05) is 30.5 Å². The number of imide groups is 1. The zero-order valence-electron chi connectivity index (χ0n) is 12.7. The quantitative estimate of drug-likeness (QED) is 0.629. The molecule has 2 N–H and O–H groups in total. The number of alkyl halides is 2. The van der Waals surface area contributed by atoms with Gasteiger partial charge in [-0.25, -0.2) is 4.79 Å². The van der Waals surface area contributed by atoms with Gasteiger partial charge in [0.2, 0.25) is 0 Å². The van der Waals surface area contributed by atoms with Crippen LogP contribution in [0.2, 0.25) is 0 Å². The molecule has 1 heterocycles. The molecular formula is C16H19Cl2N3O2. The highest BCUT2D eigenvalue weighted by Crippen LogP contribution is 2.39. The molecule has 1 aliphatic carbocycles. The van der Waals surface area contributed by atoms with E-state index >= 15 is 0 Å². The summed E-state index contributed by atoms with van der Waals surface area (Å²) in [5.41, 5.74) is 2.03. The zero-order valence-corrected chi connectivity index (χ0v) is 14.2. The maximum atomic E-state index is 12.4. The van der Waals surface area contributed by atoms with Crippen molar-refractivity contribution in [1.29, 1.82) is 0 Å². The topological polar surface area (TPSA) is 61.4 Å². The number of benzene rings is 1. The minimum atomic E-state index is -0.936.